The Hall–Kier alpha value is -1.86. The van der Waals surface area contributed by atoms with Gasteiger partial charge >= 0.3 is 5.97 Å². The minimum absolute atomic E-state index is 0.0160. The summed E-state index contributed by atoms with van der Waals surface area (Å²) in [6.45, 7) is 4.35. The Morgan fingerprint density at radius 2 is 0.765 bits per heavy atom. The van der Waals surface area contributed by atoms with Gasteiger partial charge in [0, 0.05) is 12.8 Å². The van der Waals surface area contributed by atoms with Crippen molar-refractivity contribution in [2.75, 3.05) is 19.8 Å². The maximum Gasteiger partial charge on any atom is 0.305 e. The predicted octanol–water partition coefficient (Wildman–Crippen LogP) is 19.2. The van der Waals surface area contributed by atoms with Crippen molar-refractivity contribution in [3.63, 3.8) is 0 Å². The average Bonchev–Trinajstić information content (AvgIpc) is 3.67. The van der Waals surface area contributed by atoms with Gasteiger partial charge in [0.05, 0.1) is 32.0 Å². The molecule has 85 heavy (non-hydrogen) atoms. The Bertz CT molecular complexity index is 1460. The number of hydrogen-bond donors (Lipinski definition) is 6. The molecule has 0 radical (unpaired) electrons. The predicted molar refractivity (Wildman–Crippen MR) is 357 cm³/mol. The van der Waals surface area contributed by atoms with E-state index in [9.17, 15) is 35.1 Å². The highest BCUT2D eigenvalue weighted by atomic mass is 16.7. The van der Waals surface area contributed by atoms with Crippen LogP contribution in [0.2, 0.25) is 0 Å². The summed E-state index contributed by atoms with van der Waals surface area (Å²) in [5, 5.41) is 54.4. The lowest BCUT2D eigenvalue weighted by molar-refractivity contribution is -0.302. The molecule has 7 atom stereocenters. The molecule has 11 nitrogen and oxygen atoms in total. The summed E-state index contributed by atoms with van der Waals surface area (Å²) < 4.78 is 16.7. The maximum absolute atomic E-state index is 13.0. The summed E-state index contributed by atoms with van der Waals surface area (Å²) in [6.07, 6.45) is 70.6. The monoisotopic (exact) mass is 1200 g/mol. The van der Waals surface area contributed by atoms with E-state index in [2.05, 4.69) is 31.3 Å². The number of carbonyl (C=O) groups is 2. The van der Waals surface area contributed by atoms with Gasteiger partial charge in [-0.05, 0) is 44.9 Å². The first kappa shape index (κ1) is 81.2. The van der Waals surface area contributed by atoms with E-state index in [1.807, 2.05) is 6.08 Å². The lowest BCUT2D eigenvalue weighted by atomic mass is 9.99. The molecule has 1 amide bonds. The molecule has 0 spiro atoms. The number of aliphatic hydroxyl groups is 5. The average molecular weight is 1200 g/mol. The standard InChI is InChI=1S/C74H141NO10/c1-3-5-7-9-11-13-40-44-48-52-56-60-67(77)66(65-84-74-73(82)72(81)71(80)68(64-76)85-74)75-69(78)61-57-53-49-45-42-38-36-34-32-30-28-26-24-22-20-18-16-15-17-19-21-23-25-27-29-31-33-35-37-39-43-47-51-55-59-63-83-70(79)62-58-54-50-46-41-14-12-10-8-6-4-2/h40,44,56,60,66-68,71-74,76-77,80-82H,3-39,41-43,45-55,57-59,61-65H2,1-2H3,(H,75,78)/b44-40+,60-56+. The molecule has 7 unspecified atom stereocenters. The second-order valence-electron chi connectivity index (χ2n) is 26.0. The molecule has 502 valence electrons. The molecule has 0 bridgehead atoms. The molecule has 0 aromatic carbocycles. The zero-order valence-corrected chi connectivity index (χ0v) is 55.8. The molecule has 1 heterocycles. The van der Waals surface area contributed by atoms with Crippen molar-refractivity contribution in [2.24, 2.45) is 0 Å². The lowest BCUT2D eigenvalue weighted by Gasteiger charge is -2.40. The third kappa shape index (κ3) is 52.6. The van der Waals surface area contributed by atoms with Gasteiger partial charge in [-0.3, -0.25) is 9.59 Å². The Morgan fingerprint density at radius 1 is 0.424 bits per heavy atom. The number of carbonyl (C=O) groups excluding carboxylic acids is 2. The van der Waals surface area contributed by atoms with E-state index in [1.54, 1.807) is 6.08 Å². The van der Waals surface area contributed by atoms with Crippen molar-refractivity contribution in [2.45, 2.75) is 416 Å². The van der Waals surface area contributed by atoms with Crippen molar-refractivity contribution >= 4 is 11.9 Å². The number of nitrogens with one attached hydrogen (secondary N) is 1. The maximum atomic E-state index is 13.0. The molecule has 1 aliphatic rings. The first-order chi connectivity index (χ1) is 41.7. The Labute approximate surface area is 524 Å². The minimum Gasteiger partial charge on any atom is -0.466 e. The number of hydrogen-bond acceptors (Lipinski definition) is 10. The van der Waals surface area contributed by atoms with E-state index in [0.717, 1.165) is 51.4 Å². The Kier molecular flexibility index (Phi) is 60.8. The van der Waals surface area contributed by atoms with Crippen molar-refractivity contribution in [1.29, 1.82) is 0 Å². The van der Waals surface area contributed by atoms with Crippen LogP contribution in [0.25, 0.3) is 0 Å². The van der Waals surface area contributed by atoms with Gasteiger partial charge in [0.15, 0.2) is 6.29 Å². The molecule has 11 heteroatoms. The van der Waals surface area contributed by atoms with Crippen LogP contribution in [0.3, 0.4) is 0 Å². The molecule has 1 fully saturated rings. The smallest absolute Gasteiger partial charge is 0.305 e. The van der Waals surface area contributed by atoms with Crippen LogP contribution in [0.5, 0.6) is 0 Å². The fourth-order valence-electron chi connectivity index (χ4n) is 12.0. The van der Waals surface area contributed by atoms with E-state index in [-0.39, 0.29) is 18.5 Å². The molecular weight excluding hydrogens is 1060 g/mol. The summed E-state index contributed by atoms with van der Waals surface area (Å²) in [6, 6.07) is -0.822. The van der Waals surface area contributed by atoms with Crippen LogP contribution in [-0.2, 0) is 23.8 Å². The molecule has 0 aromatic rings. The van der Waals surface area contributed by atoms with Crippen LogP contribution in [0.15, 0.2) is 24.3 Å². The molecule has 1 saturated heterocycles. The lowest BCUT2D eigenvalue weighted by Crippen LogP contribution is -2.60. The minimum atomic E-state index is -1.57. The van der Waals surface area contributed by atoms with Gasteiger partial charge in [-0.25, -0.2) is 0 Å². The number of unbranched alkanes of at least 4 members (excludes halogenated alkanes) is 50. The molecule has 0 aliphatic carbocycles. The van der Waals surface area contributed by atoms with Gasteiger partial charge in [-0.2, -0.15) is 0 Å². The highest BCUT2D eigenvalue weighted by Crippen LogP contribution is 2.24. The van der Waals surface area contributed by atoms with E-state index < -0.39 is 49.5 Å². The molecule has 0 saturated carbocycles. The quantitative estimate of drug-likeness (QED) is 0.0195. The number of allylic oxidation sites excluding steroid dienone is 3. The second kappa shape index (κ2) is 63.7. The van der Waals surface area contributed by atoms with Crippen LogP contribution in [-0.4, -0.2) is 100 Å². The Balaban J connectivity index is 1.90. The molecule has 1 aliphatic heterocycles. The van der Waals surface area contributed by atoms with Gasteiger partial charge in [0.25, 0.3) is 0 Å². The largest absolute Gasteiger partial charge is 0.466 e. The van der Waals surface area contributed by atoms with E-state index >= 15 is 0 Å². The van der Waals surface area contributed by atoms with E-state index in [1.165, 1.54) is 295 Å². The highest BCUT2D eigenvalue weighted by Gasteiger charge is 2.44. The summed E-state index contributed by atoms with van der Waals surface area (Å²) in [5.41, 5.74) is 0. The fraction of sp³-hybridized carbons (Fsp3) is 0.919. The zero-order chi connectivity index (χ0) is 61.6. The fourth-order valence-corrected chi connectivity index (χ4v) is 12.0. The van der Waals surface area contributed by atoms with Gasteiger partial charge in [-0.15, -0.1) is 0 Å². The second-order valence-corrected chi connectivity index (χ2v) is 26.0. The topological polar surface area (TPSA) is 175 Å². The number of rotatable bonds is 66. The van der Waals surface area contributed by atoms with Gasteiger partial charge in [0.1, 0.15) is 24.4 Å². The highest BCUT2D eigenvalue weighted by molar-refractivity contribution is 5.76. The number of ether oxygens (including phenoxy) is 3. The van der Waals surface area contributed by atoms with Crippen LogP contribution in [0.4, 0.5) is 0 Å². The van der Waals surface area contributed by atoms with E-state index in [0.29, 0.717) is 19.4 Å². The number of aliphatic hydroxyl groups excluding tert-OH is 5. The number of esters is 1. The summed E-state index contributed by atoms with van der Waals surface area (Å²) in [5.74, 6) is -0.170. The van der Waals surface area contributed by atoms with Crippen LogP contribution in [0, 0.1) is 0 Å². The van der Waals surface area contributed by atoms with Crippen LogP contribution < -0.4 is 5.32 Å². The molecule has 0 aromatic heterocycles. The Morgan fingerprint density at radius 3 is 1.16 bits per heavy atom. The van der Waals surface area contributed by atoms with Crippen LogP contribution in [0.1, 0.15) is 373 Å². The summed E-state index contributed by atoms with van der Waals surface area (Å²) in [7, 11) is 0. The molecular formula is C74H141NO10. The normalized spacial score (nSPS) is 18.0. The molecule has 1 rings (SSSR count). The van der Waals surface area contributed by atoms with Crippen LogP contribution >= 0.6 is 0 Å². The van der Waals surface area contributed by atoms with Gasteiger partial charge in [0.2, 0.25) is 5.91 Å². The third-order valence-corrected chi connectivity index (χ3v) is 17.8. The SMILES string of the molecule is CCCCCCC/C=C/CC/C=C/C(O)C(COC1OC(CO)C(O)C(O)C1O)NC(=O)CCCCCCCCCCCCCCCCCCCCCCCCCCCCCCCCCCCCCOC(=O)CCCCCCCCCCCCC. The summed E-state index contributed by atoms with van der Waals surface area (Å²) >= 11 is 0. The van der Waals surface area contributed by atoms with Crippen molar-refractivity contribution in [3.05, 3.63) is 24.3 Å². The zero-order valence-electron chi connectivity index (χ0n) is 55.8. The third-order valence-electron chi connectivity index (χ3n) is 17.8. The van der Waals surface area contributed by atoms with Crippen molar-refractivity contribution in [3.8, 4) is 0 Å². The molecule has 6 N–H and O–H groups in total. The number of amides is 1. The first-order valence-electron chi connectivity index (χ1n) is 37.1. The van der Waals surface area contributed by atoms with Gasteiger partial charge < -0.3 is 45.1 Å². The first-order valence-corrected chi connectivity index (χ1v) is 37.1. The summed E-state index contributed by atoms with van der Waals surface area (Å²) in [4.78, 5) is 25.1. The van der Waals surface area contributed by atoms with E-state index in [4.69, 9.17) is 14.2 Å². The van der Waals surface area contributed by atoms with Crippen molar-refractivity contribution in [1.82, 2.24) is 5.32 Å². The van der Waals surface area contributed by atoms with Gasteiger partial charge in [-0.1, -0.05) is 340 Å². The van der Waals surface area contributed by atoms with Crippen molar-refractivity contribution < 1.29 is 49.3 Å².